The van der Waals surface area contributed by atoms with Gasteiger partial charge in [0.15, 0.2) is 0 Å². The molecule has 0 amide bonds. The van der Waals surface area contributed by atoms with Crippen LogP contribution < -0.4 is 15.9 Å². The van der Waals surface area contributed by atoms with Crippen molar-refractivity contribution in [2.24, 2.45) is 0 Å². The average molecular weight is 341 g/mol. The summed E-state index contributed by atoms with van der Waals surface area (Å²) in [6.07, 6.45) is 2.01. The van der Waals surface area contributed by atoms with E-state index in [0.29, 0.717) is 0 Å². The molecule has 0 fully saturated rings. The van der Waals surface area contributed by atoms with Crippen molar-refractivity contribution in [1.82, 2.24) is 0 Å². The van der Waals surface area contributed by atoms with E-state index in [1.165, 1.54) is 15.9 Å². The van der Waals surface area contributed by atoms with Gasteiger partial charge in [-0.1, -0.05) is 0 Å². The summed E-state index contributed by atoms with van der Waals surface area (Å²) in [5.74, 6) is -2.96. The predicted molar refractivity (Wildman–Crippen MR) is 106 cm³/mol. The van der Waals surface area contributed by atoms with E-state index in [-0.39, 0.29) is 0 Å². The summed E-state index contributed by atoms with van der Waals surface area (Å²) in [7, 11) is 0. The van der Waals surface area contributed by atoms with Crippen LogP contribution >= 0.6 is 17.2 Å². The van der Waals surface area contributed by atoms with E-state index in [2.05, 4.69) is 97.9 Å². The van der Waals surface area contributed by atoms with E-state index in [1.54, 1.807) is 0 Å². The van der Waals surface area contributed by atoms with Crippen LogP contribution in [0.25, 0.3) is 0 Å². The number of rotatable bonds is 5. The van der Waals surface area contributed by atoms with Crippen molar-refractivity contribution in [3.63, 3.8) is 0 Å². The number of benzene rings is 3. The van der Waals surface area contributed by atoms with Crippen molar-refractivity contribution in [2.45, 2.75) is 13.3 Å². The van der Waals surface area contributed by atoms with Crippen molar-refractivity contribution < 1.29 is 0 Å². The Bertz CT molecular complexity index is 654. The Labute approximate surface area is 143 Å². The van der Waals surface area contributed by atoms with Crippen LogP contribution in [-0.4, -0.2) is 6.16 Å². The number of hydrogen-bond acceptors (Lipinski definition) is 0. The fraction of sp³-hybridized carbons (Fsp3) is 0.143. The molecular weight excluding hydrogens is 319 g/mol. The molecule has 0 aliphatic carbocycles. The van der Waals surface area contributed by atoms with Crippen LogP contribution in [-0.2, 0) is 0 Å². The van der Waals surface area contributed by atoms with Crippen LogP contribution in [0, 0.1) is 0 Å². The molecule has 0 N–H and O–H groups in total. The van der Waals surface area contributed by atoms with Gasteiger partial charge in [0, 0.05) is 0 Å². The molecule has 0 saturated carbocycles. The molecule has 3 aromatic rings. The fourth-order valence-corrected chi connectivity index (χ4v) is 9.88. The quantitative estimate of drug-likeness (QED) is 0.568. The molecular formula is C21H22ClP. The van der Waals surface area contributed by atoms with Crippen LogP contribution in [0.3, 0.4) is 0 Å². The minimum absolute atomic E-state index is 0.963. The van der Waals surface area contributed by atoms with E-state index in [9.17, 15) is 0 Å². The molecule has 0 aromatic heterocycles. The second-order valence-electron chi connectivity index (χ2n) is 5.91. The van der Waals surface area contributed by atoms with Gasteiger partial charge in [0.1, 0.15) is 0 Å². The van der Waals surface area contributed by atoms with Crippen LogP contribution in [0.2, 0.25) is 0 Å². The van der Waals surface area contributed by atoms with Crippen LogP contribution in [0.15, 0.2) is 91.0 Å². The molecule has 0 aliphatic rings. The first-order valence-electron chi connectivity index (χ1n) is 8.10. The average Bonchev–Trinajstić information content (AvgIpc) is 2.64. The molecule has 118 valence electrons. The van der Waals surface area contributed by atoms with Gasteiger partial charge in [-0.2, -0.15) is 0 Å². The van der Waals surface area contributed by atoms with Crippen molar-refractivity contribution in [1.29, 1.82) is 0 Å². The molecule has 0 spiro atoms. The molecule has 3 rings (SSSR count). The fourth-order valence-electron chi connectivity index (χ4n) is 3.47. The Balaban J connectivity index is 2.41. The Hall–Kier alpha value is -1.62. The molecule has 0 saturated heterocycles. The van der Waals surface area contributed by atoms with Gasteiger partial charge in [-0.05, 0) is 0 Å². The van der Waals surface area contributed by atoms with E-state index in [1.807, 2.05) is 0 Å². The zero-order valence-electron chi connectivity index (χ0n) is 13.4. The van der Waals surface area contributed by atoms with Gasteiger partial charge < -0.3 is 0 Å². The third-order valence-electron chi connectivity index (χ3n) is 4.53. The molecule has 3 aromatic carbocycles. The first kappa shape index (κ1) is 16.2. The van der Waals surface area contributed by atoms with Gasteiger partial charge in [0.25, 0.3) is 0 Å². The van der Waals surface area contributed by atoms with Gasteiger partial charge in [-0.3, -0.25) is 0 Å². The molecule has 0 radical (unpaired) electrons. The number of halogens is 1. The van der Waals surface area contributed by atoms with E-state index in [0.717, 1.165) is 12.6 Å². The summed E-state index contributed by atoms with van der Waals surface area (Å²) in [5, 5.41) is 3.75. The Morgan fingerprint density at radius 1 is 0.609 bits per heavy atom. The van der Waals surface area contributed by atoms with Crippen LogP contribution in [0.1, 0.15) is 13.3 Å². The predicted octanol–water partition coefficient (Wildman–Crippen LogP) is 5.08. The third-order valence-corrected chi connectivity index (χ3v) is 12.2. The first-order chi connectivity index (χ1) is 11.2. The van der Waals surface area contributed by atoms with Crippen molar-refractivity contribution in [3.05, 3.63) is 91.0 Å². The molecule has 0 bridgehead atoms. The maximum absolute atomic E-state index is 7.80. The first-order valence-corrected chi connectivity index (χ1v) is 11.4. The van der Waals surface area contributed by atoms with E-state index in [4.69, 9.17) is 11.2 Å². The summed E-state index contributed by atoms with van der Waals surface area (Å²) < 4.78 is 0. The SMILES string of the molecule is CCCP(Cl)(c1ccccc1)(c1ccccc1)c1ccccc1. The molecule has 0 atom stereocenters. The molecule has 0 nitrogen and oxygen atoms in total. The Morgan fingerprint density at radius 2 is 0.913 bits per heavy atom. The van der Waals surface area contributed by atoms with Crippen LogP contribution in [0.4, 0.5) is 0 Å². The summed E-state index contributed by atoms with van der Waals surface area (Å²) in [6, 6.07) is 31.9. The molecule has 0 unspecified atom stereocenters. The van der Waals surface area contributed by atoms with Crippen molar-refractivity contribution in [2.75, 3.05) is 6.16 Å². The third kappa shape index (κ3) is 2.61. The van der Waals surface area contributed by atoms with Crippen LogP contribution in [0.5, 0.6) is 0 Å². The van der Waals surface area contributed by atoms with Gasteiger partial charge in [-0.15, -0.1) is 0 Å². The second-order valence-corrected chi connectivity index (χ2v) is 12.5. The summed E-state index contributed by atoms with van der Waals surface area (Å²) >= 11 is 7.80. The Kier molecular flexibility index (Phi) is 4.57. The monoisotopic (exact) mass is 340 g/mol. The molecule has 0 aliphatic heterocycles. The van der Waals surface area contributed by atoms with Gasteiger partial charge >= 0.3 is 144 Å². The van der Waals surface area contributed by atoms with Gasteiger partial charge in [-0.25, -0.2) is 0 Å². The summed E-state index contributed by atoms with van der Waals surface area (Å²) in [5.41, 5.74) is 0. The normalized spacial score (nSPS) is 13.2. The molecule has 2 heteroatoms. The minimum atomic E-state index is -2.96. The standard InChI is InChI=1S/C21H22ClP/c1-2-18-23(22,19-12-6-3-7-13-19,20-14-8-4-9-15-20)21-16-10-5-11-17-21/h3-17H,2,18H2,1H3. The molecule has 23 heavy (non-hydrogen) atoms. The molecule has 0 heterocycles. The van der Waals surface area contributed by atoms with E-state index < -0.39 is 5.96 Å². The topological polar surface area (TPSA) is 0 Å². The van der Waals surface area contributed by atoms with Crippen molar-refractivity contribution >= 4 is 33.1 Å². The van der Waals surface area contributed by atoms with Crippen molar-refractivity contribution in [3.8, 4) is 0 Å². The maximum atomic E-state index is 7.80. The zero-order chi connectivity index (χ0) is 16.2. The number of hydrogen-bond donors (Lipinski definition) is 0. The zero-order valence-corrected chi connectivity index (χ0v) is 15.1. The van der Waals surface area contributed by atoms with E-state index >= 15 is 0 Å². The summed E-state index contributed by atoms with van der Waals surface area (Å²) in [4.78, 5) is 0. The second kappa shape index (κ2) is 6.48. The van der Waals surface area contributed by atoms with Gasteiger partial charge in [0.2, 0.25) is 0 Å². The van der Waals surface area contributed by atoms with Gasteiger partial charge in [0.05, 0.1) is 0 Å². The Morgan fingerprint density at radius 3 is 1.17 bits per heavy atom. The summed E-state index contributed by atoms with van der Waals surface area (Å²) in [6.45, 7) is 2.22.